The first-order valence-electron chi connectivity index (χ1n) is 6.85. The van der Waals surface area contributed by atoms with Gasteiger partial charge in [0.2, 0.25) is 0 Å². The molecular weight excluding hydrogens is 257 g/mol. The summed E-state index contributed by atoms with van der Waals surface area (Å²) in [4.78, 5) is 13.7. The molecule has 2 rings (SSSR count). The van der Waals surface area contributed by atoms with Crippen LogP contribution in [0.2, 0.25) is 0 Å². The maximum atomic E-state index is 11.5. The van der Waals surface area contributed by atoms with Gasteiger partial charge in [0.15, 0.2) is 0 Å². The van der Waals surface area contributed by atoms with Crippen LogP contribution in [0.5, 0.6) is 0 Å². The molecule has 0 aromatic heterocycles. The zero-order valence-corrected chi connectivity index (χ0v) is 11.7. The summed E-state index contributed by atoms with van der Waals surface area (Å²) in [5.41, 5.74) is 1.55. The molecule has 1 aliphatic rings. The van der Waals surface area contributed by atoms with E-state index in [1.165, 1.54) is 7.11 Å². The quantitative estimate of drug-likeness (QED) is 0.587. The van der Waals surface area contributed by atoms with Gasteiger partial charge < -0.3 is 14.8 Å². The minimum atomic E-state index is -1.43. The fourth-order valence-corrected chi connectivity index (χ4v) is 2.60. The second-order valence-electron chi connectivity index (χ2n) is 5.19. The van der Waals surface area contributed by atoms with Crippen LogP contribution in [0.25, 0.3) is 0 Å². The van der Waals surface area contributed by atoms with Crippen LogP contribution < -0.4 is 5.46 Å². The van der Waals surface area contributed by atoms with Gasteiger partial charge in [0.05, 0.1) is 13.0 Å². The lowest BCUT2D eigenvalue weighted by atomic mass is 9.79. The molecule has 1 aromatic carbocycles. The molecule has 1 saturated heterocycles. The summed E-state index contributed by atoms with van der Waals surface area (Å²) in [5.74, 6) is -0.100. The first-order valence-corrected chi connectivity index (χ1v) is 6.85. The van der Waals surface area contributed by atoms with Crippen LogP contribution in [0.3, 0.4) is 0 Å². The van der Waals surface area contributed by atoms with Gasteiger partial charge in [-0.05, 0) is 37.0 Å². The Morgan fingerprint density at radius 2 is 2.10 bits per heavy atom. The number of likely N-dealkylation sites (tertiary alicyclic amines) is 1. The predicted molar refractivity (Wildman–Crippen MR) is 76.3 cm³/mol. The molecule has 0 radical (unpaired) electrons. The number of rotatable bonds is 4. The highest BCUT2D eigenvalue weighted by Gasteiger charge is 2.25. The number of carbonyl (C=O) groups is 1. The number of piperidine rings is 1. The first-order chi connectivity index (χ1) is 9.60. The Balaban J connectivity index is 1.89. The van der Waals surface area contributed by atoms with Crippen LogP contribution in [0, 0.1) is 5.92 Å². The molecule has 0 amide bonds. The number of hydrogen-bond donors (Lipinski definition) is 2. The minimum Gasteiger partial charge on any atom is -0.469 e. The second-order valence-corrected chi connectivity index (χ2v) is 5.19. The molecule has 1 aromatic rings. The summed E-state index contributed by atoms with van der Waals surface area (Å²) in [7, 11) is 0.000411. The number of carbonyl (C=O) groups excluding carboxylic acids is 1. The van der Waals surface area contributed by atoms with Crippen molar-refractivity contribution in [3.63, 3.8) is 0 Å². The van der Waals surface area contributed by atoms with Gasteiger partial charge in [-0.3, -0.25) is 9.69 Å². The van der Waals surface area contributed by atoms with Gasteiger partial charge in [0, 0.05) is 6.54 Å². The highest BCUT2D eigenvalue weighted by molar-refractivity contribution is 6.58. The highest BCUT2D eigenvalue weighted by atomic mass is 16.5. The minimum absolute atomic E-state index is 0.0156. The molecule has 1 fully saturated rings. The smallest absolute Gasteiger partial charge is 0.469 e. The van der Waals surface area contributed by atoms with Crippen LogP contribution in [-0.4, -0.2) is 48.2 Å². The van der Waals surface area contributed by atoms with E-state index in [1.54, 1.807) is 12.1 Å². The highest BCUT2D eigenvalue weighted by Crippen LogP contribution is 2.19. The molecule has 0 saturated carbocycles. The van der Waals surface area contributed by atoms with E-state index in [4.69, 9.17) is 14.8 Å². The lowest BCUT2D eigenvalue weighted by Crippen LogP contribution is -2.36. The van der Waals surface area contributed by atoms with Crippen LogP contribution in [0.15, 0.2) is 24.3 Å². The number of hydrogen-bond acceptors (Lipinski definition) is 5. The van der Waals surface area contributed by atoms with Gasteiger partial charge >= 0.3 is 13.1 Å². The molecule has 1 aliphatic heterocycles. The van der Waals surface area contributed by atoms with Crippen molar-refractivity contribution in [3.05, 3.63) is 29.8 Å². The van der Waals surface area contributed by atoms with E-state index in [2.05, 4.69) is 4.90 Å². The Morgan fingerprint density at radius 3 is 2.70 bits per heavy atom. The van der Waals surface area contributed by atoms with E-state index >= 15 is 0 Å². The molecule has 1 heterocycles. The van der Waals surface area contributed by atoms with E-state index in [0.29, 0.717) is 5.46 Å². The maximum Gasteiger partial charge on any atom is 0.488 e. The van der Waals surface area contributed by atoms with Crippen LogP contribution in [-0.2, 0) is 16.1 Å². The Labute approximate surface area is 119 Å². The van der Waals surface area contributed by atoms with Gasteiger partial charge in [-0.2, -0.15) is 0 Å². The molecule has 0 bridgehead atoms. The summed E-state index contributed by atoms with van der Waals surface area (Å²) < 4.78 is 4.77. The zero-order valence-electron chi connectivity index (χ0n) is 11.7. The van der Waals surface area contributed by atoms with Gasteiger partial charge in [-0.1, -0.05) is 24.3 Å². The largest absolute Gasteiger partial charge is 0.488 e. The summed E-state index contributed by atoms with van der Waals surface area (Å²) in [6.45, 7) is 2.46. The Morgan fingerprint density at radius 1 is 1.40 bits per heavy atom. The summed E-state index contributed by atoms with van der Waals surface area (Å²) in [6.07, 6.45) is 1.63. The maximum absolute atomic E-state index is 11.5. The Hall–Kier alpha value is -1.37. The standard InChI is InChI=1S/C14H20BNO4/c1-20-14(17)12-5-7-16(8-6-12)10-11-3-2-4-13(9-11)15(18)19/h2-4,9,12,18-19H,5-8,10H2,1H3. The summed E-state index contributed by atoms with van der Waals surface area (Å²) in [6, 6.07) is 7.29. The van der Waals surface area contributed by atoms with E-state index in [0.717, 1.165) is 38.0 Å². The monoisotopic (exact) mass is 277 g/mol. The fourth-order valence-electron chi connectivity index (χ4n) is 2.60. The third-order valence-electron chi connectivity index (χ3n) is 3.78. The summed E-state index contributed by atoms with van der Waals surface area (Å²) in [5, 5.41) is 18.3. The van der Waals surface area contributed by atoms with Crippen molar-refractivity contribution >= 4 is 18.6 Å². The predicted octanol–water partition coefficient (Wildman–Crippen LogP) is -0.249. The third kappa shape index (κ3) is 3.82. The van der Waals surface area contributed by atoms with Crippen molar-refractivity contribution in [1.82, 2.24) is 4.90 Å². The molecule has 0 unspecified atom stereocenters. The average Bonchev–Trinajstić information content (AvgIpc) is 2.47. The van der Waals surface area contributed by atoms with Crippen molar-refractivity contribution in [1.29, 1.82) is 0 Å². The average molecular weight is 277 g/mol. The molecule has 108 valence electrons. The Kier molecular flexibility index (Phi) is 5.17. The van der Waals surface area contributed by atoms with E-state index in [-0.39, 0.29) is 11.9 Å². The number of benzene rings is 1. The van der Waals surface area contributed by atoms with Crippen molar-refractivity contribution in [3.8, 4) is 0 Å². The molecular formula is C14H20BNO4. The van der Waals surface area contributed by atoms with Gasteiger partial charge in [0.25, 0.3) is 0 Å². The number of esters is 1. The van der Waals surface area contributed by atoms with Crippen molar-refractivity contribution in [2.24, 2.45) is 5.92 Å². The van der Waals surface area contributed by atoms with Gasteiger partial charge in [-0.25, -0.2) is 0 Å². The zero-order chi connectivity index (χ0) is 14.5. The van der Waals surface area contributed by atoms with Crippen molar-refractivity contribution in [2.75, 3.05) is 20.2 Å². The van der Waals surface area contributed by atoms with Crippen molar-refractivity contribution in [2.45, 2.75) is 19.4 Å². The SMILES string of the molecule is COC(=O)C1CCN(Cc2cccc(B(O)O)c2)CC1. The van der Waals surface area contributed by atoms with E-state index < -0.39 is 7.12 Å². The van der Waals surface area contributed by atoms with E-state index in [1.807, 2.05) is 12.1 Å². The van der Waals surface area contributed by atoms with Gasteiger partial charge in [-0.15, -0.1) is 0 Å². The molecule has 0 aliphatic carbocycles. The molecule has 20 heavy (non-hydrogen) atoms. The lowest BCUT2D eigenvalue weighted by Gasteiger charge is -2.30. The molecule has 6 heteroatoms. The van der Waals surface area contributed by atoms with Gasteiger partial charge in [0.1, 0.15) is 0 Å². The summed E-state index contributed by atoms with van der Waals surface area (Å²) >= 11 is 0. The molecule has 0 atom stereocenters. The normalized spacial score (nSPS) is 16.9. The lowest BCUT2D eigenvalue weighted by molar-refractivity contribution is -0.147. The number of ether oxygens (including phenoxy) is 1. The number of nitrogens with zero attached hydrogens (tertiary/aromatic N) is 1. The fraction of sp³-hybridized carbons (Fsp3) is 0.500. The Bertz CT molecular complexity index is 458. The molecule has 2 N–H and O–H groups in total. The molecule has 5 nitrogen and oxygen atoms in total. The number of methoxy groups -OCH3 is 1. The first kappa shape index (κ1) is 15.0. The van der Waals surface area contributed by atoms with Crippen molar-refractivity contribution < 1.29 is 19.6 Å². The molecule has 0 spiro atoms. The second kappa shape index (κ2) is 6.88. The third-order valence-corrected chi connectivity index (χ3v) is 3.78. The van der Waals surface area contributed by atoms with Crippen LogP contribution in [0.1, 0.15) is 18.4 Å². The van der Waals surface area contributed by atoms with Crippen LogP contribution >= 0.6 is 0 Å². The van der Waals surface area contributed by atoms with E-state index in [9.17, 15) is 4.79 Å². The topological polar surface area (TPSA) is 70.0 Å². The van der Waals surface area contributed by atoms with Crippen LogP contribution in [0.4, 0.5) is 0 Å².